The summed E-state index contributed by atoms with van der Waals surface area (Å²) < 4.78 is 19.4. The molecule has 65 heavy (non-hydrogen) atoms. The Morgan fingerprint density at radius 3 is 1.98 bits per heavy atom. The number of anilines is 6. The van der Waals surface area contributed by atoms with Crippen LogP contribution in [0.15, 0.2) is 212 Å². The summed E-state index contributed by atoms with van der Waals surface area (Å²) in [5, 5.41) is 9.52. The molecule has 8 aromatic carbocycles. The van der Waals surface area contributed by atoms with E-state index in [9.17, 15) is 0 Å². The van der Waals surface area contributed by atoms with E-state index in [1.54, 1.807) is 22.7 Å². The molecule has 0 N–H and O–H groups in total. The molecule has 0 atom stereocenters. The third kappa shape index (κ3) is 6.53. The maximum absolute atomic E-state index is 6.65. The second-order valence-electron chi connectivity index (χ2n) is 16.0. The monoisotopic (exact) mass is 906 g/mol. The van der Waals surface area contributed by atoms with Crippen LogP contribution in [0.3, 0.4) is 0 Å². The number of rotatable bonds is 6. The molecule has 0 fully saturated rings. The molecule has 0 spiro atoms. The summed E-state index contributed by atoms with van der Waals surface area (Å²) in [5.41, 5.74) is 7.26. The van der Waals surface area contributed by atoms with Crippen molar-refractivity contribution < 1.29 is 9.47 Å². The minimum atomic E-state index is 0.170. The van der Waals surface area contributed by atoms with E-state index in [1.807, 2.05) is 34.8 Å². The van der Waals surface area contributed by atoms with Gasteiger partial charge in [0.1, 0.15) is 28.0 Å². The molecule has 0 radical (unpaired) electrons. The van der Waals surface area contributed by atoms with Crippen molar-refractivity contribution in [3.05, 3.63) is 212 Å². The Morgan fingerprint density at radius 2 is 1.17 bits per heavy atom. The quantitative estimate of drug-likeness (QED) is 0.155. The fourth-order valence-electron chi connectivity index (χ4n) is 9.30. The van der Waals surface area contributed by atoms with Gasteiger partial charge in [0.25, 0.3) is 6.71 Å². The zero-order valence-corrected chi connectivity index (χ0v) is 37.9. The average molecular weight is 907 g/mol. The van der Waals surface area contributed by atoms with Crippen LogP contribution in [0.25, 0.3) is 40.3 Å². The van der Waals surface area contributed by atoms with Crippen molar-refractivity contribution in [2.45, 2.75) is 0 Å². The zero-order valence-electron chi connectivity index (χ0n) is 34.6. The van der Waals surface area contributed by atoms with Gasteiger partial charge in [0.15, 0.2) is 0 Å². The molecule has 0 saturated heterocycles. The first-order valence-electron chi connectivity index (χ1n) is 21.5. The summed E-state index contributed by atoms with van der Waals surface area (Å²) in [6.07, 6.45) is 0. The molecule has 4 nitrogen and oxygen atoms in total. The maximum Gasteiger partial charge on any atom is 0.270 e. The van der Waals surface area contributed by atoms with Crippen molar-refractivity contribution >= 4 is 141 Å². The molecule has 308 valence electrons. The van der Waals surface area contributed by atoms with Crippen LogP contribution < -0.4 is 35.0 Å². The van der Waals surface area contributed by atoms with Crippen molar-refractivity contribution in [3.63, 3.8) is 0 Å². The highest BCUT2D eigenvalue weighted by Crippen LogP contribution is 2.48. The molecule has 2 aliphatic heterocycles. The van der Waals surface area contributed by atoms with Gasteiger partial charge in [0.2, 0.25) is 0 Å². The van der Waals surface area contributed by atoms with Crippen LogP contribution in [0.5, 0.6) is 23.0 Å². The largest absolute Gasteiger partial charge is 0.457 e. The van der Waals surface area contributed by atoms with Crippen LogP contribution in [-0.2, 0) is 0 Å². The first-order valence-corrected chi connectivity index (χ1v) is 24.8. The van der Waals surface area contributed by atoms with E-state index in [2.05, 4.69) is 209 Å². The van der Waals surface area contributed by atoms with E-state index in [0.29, 0.717) is 0 Å². The van der Waals surface area contributed by atoms with Crippen molar-refractivity contribution in [1.29, 1.82) is 0 Å². The highest BCUT2D eigenvalue weighted by Gasteiger charge is 2.45. The standard InChI is InChI=1S/C28H16BNOS2.C28H19NOS2/c1-2-9-17(10-3-1)30-20-13-8-14-21-25(20)29(24-18-11-4-6-15-22(18)33-28(24)30)27-26(31-21)19-12-5-7-16-23(19)32-27;1-2-10-21(11-3-1)29(28-17-20-9-4-6-15-26(20)32-28)22-12-8-13-23(18-22)30-25-19-31-27-16-7-5-14-24(25)27/h1-16H;1-19H. The smallest absolute Gasteiger partial charge is 0.270 e. The van der Waals surface area contributed by atoms with E-state index >= 15 is 0 Å². The molecule has 2 aliphatic rings. The van der Waals surface area contributed by atoms with Gasteiger partial charge in [0.05, 0.1) is 10.7 Å². The lowest BCUT2D eigenvalue weighted by Crippen LogP contribution is -2.58. The highest BCUT2D eigenvalue weighted by atomic mass is 32.1. The number of benzene rings is 8. The van der Waals surface area contributed by atoms with Gasteiger partial charge in [-0.1, -0.05) is 109 Å². The van der Waals surface area contributed by atoms with E-state index < -0.39 is 0 Å². The number of ether oxygens (including phenoxy) is 2. The number of fused-ring (bicyclic) bond motifs is 10. The Morgan fingerprint density at radius 1 is 0.508 bits per heavy atom. The van der Waals surface area contributed by atoms with Crippen LogP contribution in [0.4, 0.5) is 32.8 Å². The minimum Gasteiger partial charge on any atom is -0.457 e. The Bertz CT molecular complexity index is 3690. The molecule has 6 heterocycles. The lowest BCUT2D eigenvalue weighted by Gasteiger charge is -2.37. The Labute approximate surface area is 392 Å². The third-order valence-corrected chi connectivity index (χ3v) is 16.6. The molecule has 0 unspecified atom stereocenters. The molecule has 0 amide bonds. The Balaban J connectivity index is 0.000000130. The van der Waals surface area contributed by atoms with Crippen LogP contribution in [0.2, 0.25) is 0 Å². The van der Waals surface area contributed by atoms with Crippen LogP contribution in [0.1, 0.15) is 0 Å². The number of nitrogens with zero attached hydrogens (tertiary/aromatic N) is 2. The van der Waals surface area contributed by atoms with E-state index in [1.165, 1.54) is 72.0 Å². The van der Waals surface area contributed by atoms with Gasteiger partial charge in [-0.25, -0.2) is 0 Å². The fraction of sp³-hybridized carbons (Fsp3) is 0. The van der Waals surface area contributed by atoms with Crippen LogP contribution in [-0.4, -0.2) is 6.71 Å². The predicted molar refractivity (Wildman–Crippen MR) is 281 cm³/mol. The van der Waals surface area contributed by atoms with E-state index in [-0.39, 0.29) is 6.71 Å². The number of hydrogen-bond acceptors (Lipinski definition) is 8. The lowest BCUT2D eigenvalue weighted by molar-refractivity contribution is 0.490. The molecule has 9 heteroatoms. The van der Waals surface area contributed by atoms with Gasteiger partial charge in [-0.3, -0.25) is 0 Å². The second kappa shape index (κ2) is 15.8. The first kappa shape index (κ1) is 38.3. The maximum atomic E-state index is 6.65. The van der Waals surface area contributed by atoms with E-state index in [0.717, 1.165) is 39.8 Å². The summed E-state index contributed by atoms with van der Waals surface area (Å²) in [5.74, 6) is 3.72. The highest BCUT2D eigenvalue weighted by molar-refractivity contribution is 7.35. The second-order valence-corrected chi connectivity index (χ2v) is 20.1. The van der Waals surface area contributed by atoms with Crippen LogP contribution >= 0.6 is 45.3 Å². The molecule has 0 bridgehead atoms. The SMILES string of the molecule is c1ccc(N(c2cccc(Oc3csc4ccccc34)c2)c2cc3ccccc3s2)cc1.c1ccc(N2c3cccc4c3B(c3sc5ccccc5c3O4)c3c2sc2ccccc32)cc1. The van der Waals surface area contributed by atoms with Crippen molar-refractivity contribution in [2.24, 2.45) is 0 Å². The first-order chi connectivity index (χ1) is 32.2. The summed E-state index contributed by atoms with van der Waals surface area (Å²) >= 11 is 7.26. The normalized spacial score (nSPS) is 12.4. The Hall–Kier alpha value is -7.14. The molecule has 0 aliphatic carbocycles. The third-order valence-electron chi connectivity index (χ3n) is 12.1. The average Bonchev–Trinajstić information content (AvgIpc) is 4.16. The number of thiophene rings is 4. The molecule has 12 aromatic rings. The van der Waals surface area contributed by atoms with Gasteiger partial charge in [-0.2, -0.15) is 0 Å². The minimum absolute atomic E-state index is 0.170. The summed E-state index contributed by atoms with van der Waals surface area (Å²) in [7, 11) is 0. The Kier molecular flexibility index (Phi) is 9.34. The summed E-state index contributed by atoms with van der Waals surface area (Å²) in [4.78, 5) is 4.72. The fourth-order valence-corrected chi connectivity index (χ4v) is 13.8. The van der Waals surface area contributed by atoms with Gasteiger partial charge < -0.3 is 19.3 Å². The van der Waals surface area contributed by atoms with Crippen LogP contribution in [0, 0.1) is 0 Å². The van der Waals surface area contributed by atoms with Gasteiger partial charge in [-0.15, -0.1) is 45.3 Å². The number of para-hydroxylation sites is 2. The predicted octanol–water partition coefficient (Wildman–Crippen LogP) is 15.9. The van der Waals surface area contributed by atoms with Gasteiger partial charge >= 0.3 is 0 Å². The summed E-state index contributed by atoms with van der Waals surface area (Å²) in [6.45, 7) is 0.170. The van der Waals surface area contributed by atoms with Gasteiger partial charge in [-0.05, 0) is 113 Å². The molecule has 0 saturated carbocycles. The zero-order chi connectivity index (χ0) is 42.8. The van der Waals surface area contributed by atoms with Crippen molar-refractivity contribution in [3.8, 4) is 23.0 Å². The number of hydrogen-bond donors (Lipinski definition) is 0. The summed E-state index contributed by atoms with van der Waals surface area (Å²) in [6, 6.07) is 72.6. The lowest BCUT2D eigenvalue weighted by atomic mass is 9.37. The molecular formula is C56H35BN2O2S4. The van der Waals surface area contributed by atoms with Gasteiger partial charge in [0, 0.05) is 62.9 Å². The van der Waals surface area contributed by atoms with E-state index in [4.69, 9.17) is 9.47 Å². The molecule has 4 aromatic heterocycles. The molecule has 14 rings (SSSR count). The van der Waals surface area contributed by atoms with Crippen molar-refractivity contribution in [2.75, 3.05) is 9.80 Å². The molecular weight excluding hydrogens is 872 g/mol. The topological polar surface area (TPSA) is 24.9 Å². The van der Waals surface area contributed by atoms with Crippen molar-refractivity contribution in [1.82, 2.24) is 0 Å².